The van der Waals surface area contributed by atoms with E-state index in [2.05, 4.69) is 45.6 Å². The molecule has 0 bridgehead atoms. The van der Waals surface area contributed by atoms with E-state index < -0.39 is 94.1 Å². The molecule has 4 amide bonds. The number of hydrogen-bond acceptors (Lipinski definition) is 29. The van der Waals surface area contributed by atoms with E-state index in [-0.39, 0.29) is 68.8 Å². The molecule has 0 aliphatic carbocycles. The highest BCUT2D eigenvalue weighted by atomic mass is 33.1. The molecule has 38 nitrogen and oxygen atoms in total. The number of aliphatic carboxylic acids is 5. The minimum absolute atomic E-state index is 0.00704. The molecule has 2 unspecified atom stereocenters. The van der Waals surface area contributed by atoms with Crippen molar-refractivity contribution in [2.45, 2.75) is 97.2 Å². The zero-order valence-corrected chi connectivity index (χ0v) is 48.5. The predicted octanol–water partition coefficient (Wildman–Crippen LogP) is -1.28. The van der Waals surface area contributed by atoms with Gasteiger partial charge in [0.1, 0.15) is 35.4 Å². The Labute approximate surface area is 503 Å². The maximum atomic E-state index is 11.4. The Hall–Kier alpha value is -10.2. The van der Waals surface area contributed by atoms with Crippen molar-refractivity contribution < 1.29 is 146 Å². The Kier molecular flexibility index (Phi) is 51.5. The molecule has 2 atom stereocenters. The van der Waals surface area contributed by atoms with Crippen LogP contribution in [0.5, 0.6) is 11.5 Å². The Morgan fingerprint density at radius 1 is 0.693 bits per heavy atom. The summed E-state index contributed by atoms with van der Waals surface area (Å²) in [5.41, 5.74) is -4.36. The molecule has 1 saturated heterocycles. The second-order valence-electron chi connectivity index (χ2n) is 15.7. The van der Waals surface area contributed by atoms with Crippen molar-refractivity contribution in [1.82, 2.24) is 25.2 Å². The third-order valence-electron chi connectivity index (χ3n) is 8.91. The summed E-state index contributed by atoms with van der Waals surface area (Å²) in [6.07, 6.45) is 0.899. The lowest BCUT2D eigenvalue weighted by Gasteiger charge is -2.31. The number of ether oxygens (including phenoxy) is 6. The van der Waals surface area contributed by atoms with Crippen LogP contribution < -0.4 is 32.4 Å². The van der Waals surface area contributed by atoms with E-state index in [4.69, 9.17) is 46.0 Å². The number of aromatic carboxylic acids is 1. The SMILES string of the molecule is C=CCn1c(=O)[nH]c(=O)[nH]c1=O.CC(C)(CC(=O)O)OC=O.CCC1(CC)C(=O)NC(=O)NC1=O.O=CO/C=C/C(=O)O.O=COC(O)C(O)C(=O)O.O=COCCCCC(=O)O.O=COCCSSCCC(=O)O.O=COc1cc(O)cc(C(=O)O)c1. The number of allylic oxidation sites excluding steroid dienone is 1. The number of imide groups is 2. The number of amides is 4. The predicted molar refractivity (Wildman–Crippen MR) is 295 cm³/mol. The van der Waals surface area contributed by atoms with Crippen LogP contribution in [0.3, 0.4) is 0 Å². The normalized spacial score (nSPS) is 11.8. The third-order valence-corrected chi connectivity index (χ3v) is 11.3. The molecule has 1 aliphatic heterocycles. The molecule has 1 aromatic carbocycles. The van der Waals surface area contributed by atoms with E-state index in [9.17, 15) is 86.3 Å². The lowest BCUT2D eigenvalue weighted by Crippen LogP contribution is -2.61. The maximum absolute atomic E-state index is 11.4. The van der Waals surface area contributed by atoms with Crippen LogP contribution in [-0.4, -0.2) is 196 Å². The number of nitrogens with zero attached hydrogens (tertiary/aromatic N) is 1. The number of carbonyl (C=O) groups excluding carboxylic acids is 9. The Balaban J connectivity index is -0.000000300. The van der Waals surface area contributed by atoms with Gasteiger partial charge in [-0.3, -0.25) is 73.3 Å². The summed E-state index contributed by atoms with van der Waals surface area (Å²) >= 11 is 0. The molecule has 0 spiro atoms. The number of aromatic nitrogens is 3. The largest absolute Gasteiger partial charge is 0.508 e. The molecule has 492 valence electrons. The lowest BCUT2D eigenvalue weighted by molar-refractivity contribution is -0.185. The standard InChI is InChI=1S/C8H12N2O3.C8H6O5.C6H7N3O3.C6H10O4S2.2C6H10O4.C4H6O6.C4H4O4/c1-3-8(4-2)5(11)9-7(13)10-6(8)12;9-4-13-7-2-5(8(11)12)1-6(10)3-7;1-2-3-9-5(11)7-4(10)8-6(9)12;7-5-10-2-4-12-11-3-1-6(8)9;1-6(2,10-4-7)3-5(8)9;7-5-10-4-2-1-3-6(8)9;5-1-10-4(9)2(6)3(7)8;5-3-8-2-1-4(6)7/h3-4H2,1-2H3,(H2,9,10,11,12,13);1-4,10H,(H,11,12);2H,1,3H2,(H2,7,8,10,11,12);5H,1-4H2,(H,8,9);4H,3H2,1-2H3,(H,8,9);5H,1-4H2,(H,8,9);1-2,4,6,9H,(H,7,8);1-3H,(H,6,7)/b;;;;;;;2-1+. The number of carbonyl (C=O) groups is 15. The smallest absolute Gasteiger partial charge is 0.339 e. The van der Waals surface area contributed by atoms with Crippen molar-refractivity contribution in [3.05, 3.63) is 80.2 Å². The lowest BCUT2D eigenvalue weighted by atomic mass is 9.79. The number of phenols is 1. The van der Waals surface area contributed by atoms with Gasteiger partial charge in [-0.2, -0.15) is 0 Å². The Morgan fingerprint density at radius 2 is 1.23 bits per heavy atom. The summed E-state index contributed by atoms with van der Waals surface area (Å²) in [4.78, 5) is 187. The van der Waals surface area contributed by atoms with Crippen molar-refractivity contribution in [2.24, 2.45) is 5.41 Å². The summed E-state index contributed by atoms with van der Waals surface area (Å²) in [6.45, 7) is 11.9. The number of barbiturate groups is 1. The highest BCUT2D eigenvalue weighted by Crippen LogP contribution is 2.28. The molecule has 40 heteroatoms. The molecule has 0 saturated carbocycles. The summed E-state index contributed by atoms with van der Waals surface area (Å²) in [6, 6.07) is 2.60. The number of aromatic hydroxyl groups is 1. The number of carboxylic acid groups (broad SMARTS) is 6. The van der Waals surface area contributed by atoms with Crippen LogP contribution in [0.1, 0.15) is 83.0 Å². The highest BCUT2D eigenvalue weighted by Gasteiger charge is 2.47. The number of nitrogens with one attached hydrogen (secondary N) is 4. The van der Waals surface area contributed by atoms with E-state index >= 15 is 0 Å². The minimum Gasteiger partial charge on any atom is -0.508 e. The molecule has 3 rings (SSSR count). The van der Waals surface area contributed by atoms with Crippen molar-refractivity contribution in [2.75, 3.05) is 24.7 Å². The molecule has 88 heavy (non-hydrogen) atoms. The fourth-order valence-corrected chi connectivity index (χ4v) is 6.68. The number of unbranched alkanes of at least 4 members (excludes halogenated alkanes) is 1. The molecule has 2 aromatic rings. The van der Waals surface area contributed by atoms with Gasteiger partial charge in [0.2, 0.25) is 24.2 Å². The summed E-state index contributed by atoms with van der Waals surface area (Å²) in [5.74, 6) is -6.57. The van der Waals surface area contributed by atoms with Gasteiger partial charge in [0.15, 0.2) is 0 Å². The highest BCUT2D eigenvalue weighted by molar-refractivity contribution is 8.76. The van der Waals surface area contributed by atoms with Gasteiger partial charge in [0, 0.05) is 24.0 Å². The number of H-pyrrole nitrogens is 2. The fourth-order valence-electron chi connectivity index (χ4n) is 4.86. The van der Waals surface area contributed by atoms with Gasteiger partial charge in [-0.25, -0.2) is 38.1 Å². The van der Waals surface area contributed by atoms with Gasteiger partial charge in [-0.1, -0.05) is 41.5 Å². The molecule has 2 heterocycles. The van der Waals surface area contributed by atoms with Crippen LogP contribution >= 0.6 is 21.6 Å². The number of benzene rings is 1. The third kappa shape index (κ3) is 47.2. The molecular weight excluding hydrogens is 1240 g/mol. The topological polar surface area (TPSA) is 605 Å². The zero-order chi connectivity index (χ0) is 68.8. The van der Waals surface area contributed by atoms with Crippen LogP contribution in [-0.2, 0) is 92.6 Å². The summed E-state index contributed by atoms with van der Waals surface area (Å²) in [7, 11) is 2.98. The van der Waals surface area contributed by atoms with Gasteiger partial charge in [-0.15, -0.1) is 6.58 Å². The molecule has 1 aliphatic rings. The van der Waals surface area contributed by atoms with E-state index in [0.717, 1.165) is 29.0 Å². The number of urea groups is 1. The number of aliphatic hydroxyl groups excluding tert-OH is 2. The van der Waals surface area contributed by atoms with Crippen molar-refractivity contribution in [1.29, 1.82) is 0 Å². The van der Waals surface area contributed by atoms with Gasteiger partial charge in [0.25, 0.3) is 38.8 Å². The monoisotopic (exact) mass is 1300 g/mol. The first-order chi connectivity index (χ1) is 41.2. The molecule has 1 aromatic heterocycles. The number of hydrogen-bond donors (Lipinski definition) is 13. The van der Waals surface area contributed by atoms with Gasteiger partial charge >= 0.3 is 58.9 Å². The second-order valence-corrected chi connectivity index (χ2v) is 18.4. The van der Waals surface area contributed by atoms with E-state index in [0.29, 0.717) is 69.4 Å². The van der Waals surface area contributed by atoms with Crippen LogP contribution in [0.25, 0.3) is 0 Å². The van der Waals surface area contributed by atoms with Crippen LogP contribution in [0.15, 0.2) is 57.6 Å². The number of aromatic amines is 2. The second kappa shape index (κ2) is 52.3. The Bertz CT molecular complexity index is 2720. The van der Waals surface area contributed by atoms with Gasteiger partial charge in [-0.05, 0) is 51.7 Å². The maximum Gasteiger partial charge on any atom is 0.339 e. The van der Waals surface area contributed by atoms with E-state index in [1.54, 1.807) is 13.8 Å². The number of phenolic OH excluding ortho intramolecular Hbond substituents is 1. The first kappa shape index (κ1) is 86.6. The van der Waals surface area contributed by atoms with Gasteiger partial charge in [0.05, 0.1) is 37.6 Å². The average molecular weight is 1300 g/mol. The van der Waals surface area contributed by atoms with Crippen molar-refractivity contribution in [3.63, 3.8) is 0 Å². The fraction of sp³-hybridized carbons (Fsp3) is 0.417. The summed E-state index contributed by atoms with van der Waals surface area (Å²) < 4.78 is 26.1. The van der Waals surface area contributed by atoms with Crippen LogP contribution in [0.2, 0.25) is 0 Å². The van der Waals surface area contributed by atoms with Crippen LogP contribution in [0.4, 0.5) is 4.79 Å². The molecule has 1 fully saturated rings. The molecular formula is C48H65N5O33S2. The van der Waals surface area contributed by atoms with Gasteiger partial charge < -0.3 is 74.4 Å². The molecule has 13 N–H and O–H groups in total. The quantitative estimate of drug-likeness (QED) is 0.00467. The van der Waals surface area contributed by atoms with Crippen LogP contribution in [0, 0.1) is 5.41 Å². The minimum atomic E-state index is -2.09. The van der Waals surface area contributed by atoms with E-state index in [1.165, 1.54) is 41.5 Å². The summed E-state index contributed by atoms with van der Waals surface area (Å²) in [5, 5.41) is 79.1. The van der Waals surface area contributed by atoms with Crippen molar-refractivity contribution >= 4 is 114 Å². The van der Waals surface area contributed by atoms with E-state index in [1.807, 2.05) is 9.97 Å². The zero-order valence-electron chi connectivity index (χ0n) is 46.9. The van der Waals surface area contributed by atoms with Crippen molar-refractivity contribution in [3.8, 4) is 11.5 Å². The number of carboxylic acids is 6. The molecule has 0 radical (unpaired) electrons. The average Bonchev–Trinajstić information content (AvgIpc) is 1.86. The number of aliphatic hydroxyl groups is 2. The first-order valence-electron chi connectivity index (χ1n) is 23.9. The number of rotatable bonds is 32. The Morgan fingerprint density at radius 3 is 1.65 bits per heavy atom. The first-order valence-corrected chi connectivity index (χ1v) is 26.4.